The van der Waals surface area contributed by atoms with Crippen LogP contribution in [0.3, 0.4) is 0 Å². The zero-order valence-electron chi connectivity index (χ0n) is 18.5. The summed E-state index contributed by atoms with van der Waals surface area (Å²) >= 11 is 0. The Labute approximate surface area is 179 Å². The van der Waals surface area contributed by atoms with Crippen molar-refractivity contribution in [3.63, 3.8) is 0 Å². The third-order valence-corrected chi connectivity index (χ3v) is 8.90. The zero-order chi connectivity index (χ0) is 22.1. The van der Waals surface area contributed by atoms with Gasteiger partial charge in [-0.25, -0.2) is 13.4 Å². The Morgan fingerprint density at radius 1 is 1.30 bits per heavy atom. The van der Waals surface area contributed by atoms with E-state index in [0.29, 0.717) is 25.4 Å². The summed E-state index contributed by atoms with van der Waals surface area (Å²) in [4.78, 5) is 19.0. The topological polar surface area (TPSA) is 80.5 Å². The van der Waals surface area contributed by atoms with E-state index in [2.05, 4.69) is 11.9 Å². The molecule has 0 spiro atoms. The Balaban J connectivity index is 1.61. The lowest BCUT2D eigenvalue weighted by Crippen LogP contribution is -2.46. The summed E-state index contributed by atoms with van der Waals surface area (Å²) in [6.45, 7) is 10.5. The van der Waals surface area contributed by atoms with E-state index in [0.717, 1.165) is 23.1 Å². The van der Waals surface area contributed by atoms with Crippen molar-refractivity contribution in [2.24, 2.45) is 11.8 Å². The number of likely N-dealkylation sites (tertiary alicyclic amines) is 1. The molecule has 2 heterocycles. The minimum absolute atomic E-state index is 0.0888. The Kier molecular flexibility index (Phi) is 6.41. The molecule has 1 amide bonds. The van der Waals surface area contributed by atoms with E-state index >= 15 is 0 Å². The number of rotatable bonds is 5. The molecule has 1 aliphatic rings. The number of amides is 1. The van der Waals surface area contributed by atoms with E-state index in [9.17, 15) is 13.2 Å². The molecule has 0 N–H and O–H groups in total. The molecule has 2 unspecified atom stereocenters. The first-order valence-electron chi connectivity index (χ1n) is 10.5. The molecule has 2 atom stereocenters. The number of aromatic nitrogens is 1. The maximum atomic E-state index is 12.9. The van der Waals surface area contributed by atoms with Crippen molar-refractivity contribution in [3.8, 4) is 11.5 Å². The fourth-order valence-electron chi connectivity index (χ4n) is 3.87. The van der Waals surface area contributed by atoms with E-state index in [1.54, 1.807) is 33.2 Å². The molecule has 0 bridgehead atoms. The minimum atomic E-state index is -3.16. The average Bonchev–Trinajstić information content (AvgIpc) is 3.18. The van der Waals surface area contributed by atoms with Crippen LogP contribution in [0.25, 0.3) is 11.5 Å². The van der Waals surface area contributed by atoms with E-state index in [1.807, 2.05) is 30.0 Å². The maximum absolute atomic E-state index is 12.9. The van der Waals surface area contributed by atoms with Crippen LogP contribution in [0.2, 0.25) is 0 Å². The number of carbonyl (C=O) groups is 1. The van der Waals surface area contributed by atoms with Crippen LogP contribution >= 0.6 is 0 Å². The third-order valence-electron chi connectivity index (χ3n) is 6.17. The van der Waals surface area contributed by atoms with Gasteiger partial charge >= 0.3 is 0 Å². The maximum Gasteiger partial charge on any atom is 0.227 e. The van der Waals surface area contributed by atoms with Gasteiger partial charge in [-0.3, -0.25) is 4.79 Å². The molecule has 3 rings (SSSR count). The molecule has 2 aromatic rings. The van der Waals surface area contributed by atoms with Gasteiger partial charge in [-0.05, 0) is 69.2 Å². The van der Waals surface area contributed by atoms with E-state index < -0.39 is 14.6 Å². The summed E-state index contributed by atoms with van der Waals surface area (Å²) in [7, 11) is -3.16. The van der Waals surface area contributed by atoms with Crippen molar-refractivity contribution < 1.29 is 17.6 Å². The van der Waals surface area contributed by atoms with Gasteiger partial charge in [-0.1, -0.05) is 13.0 Å². The molecule has 30 heavy (non-hydrogen) atoms. The first-order valence-corrected chi connectivity index (χ1v) is 12.1. The molecule has 1 saturated heterocycles. The molecule has 1 aliphatic heterocycles. The van der Waals surface area contributed by atoms with Crippen molar-refractivity contribution in [1.29, 1.82) is 0 Å². The van der Waals surface area contributed by atoms with Crippen LogP contribution in [0.15, 0.2) is 35.1 Å². The standard InChI is InChI=1S/C23H32N2O4S/c1-16-12-19(22-24-9-11-29-22)7-6-18(16)13-21(26)25-10-8-20(17(2)14-25)15-30(27,28)23(3,4)5/h6-7,9,11-12,17,20H,8,10,13-15H2,1-5H3. The Bertz CT molecular complexity index is 991. The highest BCUT2D eigenvalue weighted by Crippen LogP contribution is 2.29. The van der Waals surface area contributed by atoms with Gasteiger partial charge in [0.25, 0.3) is 0 Å². The molecule has 6 nitrogen and oxygen atoms in total. The molecular formula is C23H32N2O4S. The highest BCUT2D eigenvalue weighted by Gasteiger charge is 2.36. The number of benzene rings is 1. The highest BCUT2D eigenvalue weighted by molar-refractivity contribution is 7.92. The predicted octanol–water partition coefficient (Wildman–Crippen LogP) is 3.89. The number of aryl methyl sites for hydroxylation is 1. The third kappa shape index (κ3) is 4.94. The Hall–Kier alpha value is -2.15. The van der Waals surface area contributed by atoms with Gasteiger partial charge in [0, 0.05) is 18.7 Å². The van der Waals surface area contributed by atoms with Gasteiger partial charge in [0.05, 0.1) is 23.1 Å². The number of nitrogens with zero attached hydrogens (tertiary/aromatic N) is 2. The normalized spacial score (nSPS) is 20.4. The van der Waals surface area contributed by atoms with Crippen LogP contribution in [0.5, 0.6) is 0 Å². The summed E-state index contributed by atoms with van der Waals surface area (Å²) in [5, 5.41) is 0. The largest absolute Gasteiger partial charge is 0.445 e. The summed E-state index contributed by atoms with van der Waals surface area (Å²) in [5.74, 6) is 1.11. The summed E-state index contributed by atoms with van der Waals surface area (Å²) in [6.07, 6.45) is 4.22. The molecule has 0 aliphatic carbocycles. The van der Waals surface area contributed by atoms with Gasteiger partial charge in [-0.2, -0.15) is 0 Å². The van der Waals surface area contributed by atoms with Gasteiger partial charge in [0.15, 0.2) is 9.84 Å². The zero-order valence-corrected chi connectivity index (χ0v) is 19.3. The van der Waals surface area contributed by atoms with E-state index in [1.165, 1.54) is 0 Å². The van der Waals surface area contributed by atoms with Gasteiger partial charge in [0.1, 0.15) is 6.26 Å². The fourth-order valence-corrected chi connectivity index (χ4v) is 5.43. The molecule has 0 radical (unpaired) electrons. The molecule has 1 aromatic carbocycles. The van der Waals surface area contributed by atoms with Crippen molar-refractivity contribution in [3.05, 3.63) is 41.8 Å². The molecular weight excluding hydrogens is 400 g/mol. The smallest absolute Gasteiger partial charge is 0.227 e. The number of carbonyl (C=O) groups excluding carboxylic acids is 1. The quantitative estimate of drug-likeness (QED) is 0.716. The molecule has 7 heteroatoms. The van der Waals surface area contributed by atoms with Crippen LogP contribution < -0.4 is 0 Å². The summed E-state index contributed by atoms with van der Waals surface area (Å²) in [5.41, 5.74) is 2.90. The Morgan fingerprint density at radius 3 is 2.60 bits per heavy atom. The van der Waals surface area contributed by atoms with Crippen LogP contribution in [0.4, 0.5) is 0 Å². The monoisotopic (exact) mass is 432 g/mol. The SMILES string of the molecule is Cc1cc(-c2ncco2)ccc1CC(=O)N1CCC(CS(=O)(=O)C(C)(C)C)C(C)C1. The van der Waals surface area contributed by atoms with Crippen molar-refractivity contribution in [1.82, 2.24) is 9.88 Å². The molecule has 164 valence electrons. The average molecular weight is 433 g/mol. The minimum Gasteiger partial charge on any atom is -0.445 e. The Morgan fingerprint density at radius 2 is 2.03 bits per heavy atom. The van der Waals surface area contributed by atoms with Gasteiger partial charge < -0.3 is 9.32 Å². The van der Waals surface area contributed by atoms with Crippen molar-refractivity contribution in [2.45, 2.75) is 52.2 Å². The highest BCUT2D eigenvalue weighted by atomic mass is 32.2. The fraction of sp³-hybridized carbons (Fsp3) is 0.565. The van der Waals surface area contributed by atoms with E-state index in [-0.39, 0.29) is 23.5 Å². The number of hydrogen-bond acceptors (Lipinski definition) is 5. The van der Waals surface area contributed by atoms with Crippen LogP contribution in [-0.4, -0.2) is 47.8 Å². The van der Waals surface area contributed by atoms with Gasteiger partial charge in [-0.15, -0.1) is 0 Å². The van der Waals surface area contributed by atoms with Crippen molar-refractivity contribution >= 4 is 15.7 Å². The summed E-state index contributed by atoms with van der Waals surface area (Å²) < 4.78 is 29.8. The number of piperidine rings is 1. The second-order valence-corrected chi connectivity index (χ2v) is 12.2. The first kappa shape index (κ1) is 22.5. The number of sulfone groups is 1. The van der Waals surface area contributed by atoms with Crippen LogP contribution in [0, 0.1) is 18.8 Å². The predicted molar refractivity (Wildman–Crippen MR) is 118 cm³/mol. The van der Waals surface area contributed by atoms with Crippen LogP contribution in [-0.2, 0) is 21.1 Å². The van der Waals surface area contributed by atoms with Crippen LogP contribution in [0.1, 0.15) is 45.2 Å². The number of hydrogen-bond donors (Lipinski definition) is 0. The van der Waals surface area contributed by atoms with Crippen molar-refractivity contribution in [2.75, 3.05) is 18.8 Å². The second-order valence-electron chi connectivity index (χ2n) is 9.41. The molecule has 1 fully saturated rings. The lowest BCUT2D eigenvalue weighted by Gasteiger charge is -2.38. The summed E-state index contributed by atoms with van der Waals surface area (Å²) in [6, 6.07) is 5.87. The molecule has 1 aromatic heterocycles. The molecule has 0 saturated carbocycles. The number of oxazole rings is 1. The first-order chi connectivity index (χ1) is 14.0. The lowest BCUT2D eigenvalue weighted by molar-refractivity contribution is -0.132. The lowest BCUT2D eigenvalue weighted by atomic mass is 9.88. The van der Waals surface area contributed by atoms with E-state index in [4.69, 9.17) is 4.42 Å². The second kappa shape index (κ2) is 8.53. The van der Waals surface area contributed by atoms with Gasteiger partial charge in [0.2, 0.25) is 11.8 Å².